The molecule has 9 heteroatoms. The molecule has 2 aromatic carbocycles. The van der Waals surface area contributed by atoms with Crippen molar-refractivity contribution in [2.45, 2.75) is 17.7 Å². The highest BCUT2D eigenvalue weighted by Crippen LogP contribution is 2.18. The molecule has 6 nitrogen and oxygen atoms in total. The van der Waals surface area contributed by atoms with Gasteiger partial charge in [0.1, 0.15) is 17.5 Å². The third kappa shape index (κ3) is 4.05. The predicted molar refractivity (Wildman–Crippen MR) is 92.6 cm³/mol. The summed E-state index contributed by atoms with van der Waals surface area (Å²) in [7, 11) is -3.85. The first-order valence-electron chi connectivity index (χ1n) is 7.78. The van der Waals surface area contributed by atoms with E-state index in [1.807, 2.05) is 0 Å². The lowest BCUT2D eigenvalue weighted by atomic mass is 10.2. The van der Waals surface area contributed by atoms with Crippen molar-refractivity contribution in [2.24, 2.45) is 4.99 Å². The first kappa shape index (κ1) is 18.0. The maximum Gasteiger partial charge on any atom is 0.262 e. The molecule has 0 radical (unpaired) electrons. The van der Waals surface area contributed by atoms with Gasteiger partial charge in [0.2, 0.25) is 0 Å². The normalized spacial score (nSPS) is 14.0. The van der Waals surface area contributed by atoms with E-state index in [0.717, 1.165) is 24.6 Å². The molecule has 26 heavy (non-hydrogen) atoms. The van der Waals surface area contributed by atoms with Crippen LogP contribution in [-0.4, -0.2) is 26.7 Å². The second-order valence-electron chi connectivity index (χ2n) is 5.64. The third-order valence-electron chi connectivity index (χ3n) is 3.70. The molecule has 0 atom stereocenters. The summed E-state index contributed by atoms with van der Waals surface area (Å²) in [6.07, 6.45) is 1.33. The minimum absolute atomic E-state index is 0.0791. The zero-order valence-corrected chi connectivity index (χ0v) is 14.3. The minimum atomic E-state index is -3.85. The first-order chi connectivity index (χ1) is 12.3. The van der Waals surface area contributed by atoms with Crippen LogP contribution in [0, 0.1) is 11.6 Å². The van der Waals surface area contributed by atoms with E-state index in [-0.39, 0.29) is 10.6 Å². The number of amidine groups is 1. The smallest absolute Gasteiger partial charge is 0.262 e. The Hall–Kier alpha value is -2.81. The van der Waals surface area contributed by atoms with Crippen LogP contribution in [0.25, 0.3) is 0 Å². The Kier molecular flexibility index (Phi) is 4.99. The van der Waals surface area contributed by atoms with Crippen molar-refractivity contribution in [3.63, 3.8) is 0 Å². The van der Waals surface area contributed by atoms with Gasteiger partial charge in [0.15, 0.2) is 0 Å². The molecule has 1 aliphatic rings. The van der Waals surface area contributed by atoms with Crippen LogP contribution in [0.3, 0.4) is 0 Å². The van der Waals surface area contributed by atoms with Crippen LogP contribution < -0.4 is 10.0 Å². The Morgan fingerprint density at radius 1 is 1.12 bits per heavy atom. The highest BCUT2D eigenvalue weighted by molar-refractivity contribution is 7.90. The molecule has 2 N–H and O–H groups in total. The number of benzene rings is 2. The number of nitrogens with zero attached hydrogens (tertiary/aromatic N) is 1. The molecule has 2 aromatic rings. The lowest BCUT2D eigenvalue weighted by Crippen LogP contribution is -2.29. The van der Waals surface area contributed by atoms with Crippen LogP contribution in [0.1, 0.15) is 23.2 Å². The number of carbonyl (C=O) groups excluding carboxylic acids is 1. The summed E-state index contributed by atoms with van der Waals surface area (Å²) in [6.45, 7) is 0.577. The molecule has 0 saturated heterocycles. The Bertz CT molecular complexity index is 990. The van der Waals surface area contributed by atoms with E-state index in [4.69, 9.17) is 0 Å². The van der Waals surface area contributed by atoms with Crippen LogP contribution in [0.2, 0.25) is 0 Å². The number of halogens is 2. The lowest BCUT2D eigenvalue weighted by molar-refractivity contribution is 0.102. The van der Waals surface area contributed by atoms with Gasteiger partial charge in [-0.05, 0) is 42.8 Å². The van der Waals surface area contributed by atoms with E-state index in [1.165, 1.54) is 24.3 Å². The van der Waals surface area contributed by atoms with E-state index >= 15 is 0 Å². The highest BCUT2D eigenvalue weighted by Gasteiger charge is 2.19. The van der Waals surface area contributed by atoms with Gasteiger partial charge in [-0.3, -0.25) is 14.5 Å². The third-order valence-corrected chi connectivity index (χ3v) is 5.08. The van der Waals surface area contributed by atoms with E-state index in [2.05, 4.69) is 15.0 Å². The van der Waals surface area contributed by atoms with Crippen molar-refractivity contribution in [1.29, 1.82) is 0 Å². The summed E-state index contributed by atoms with van der Waals surface area (Å²) in [5, 5.41) is 2.36. The highest BCUT2D eigenvalue weighted by atomic mass is 32.2. The van der Waals surface area contributed by atoms with Gasteiger partial charge in [0.25, 0.3) is 15.9 Å². The SMILES string of the molecule is O=C(Nc1cccc(S(=O)(=O)NC2=NCCC2)c1)c1cc(F)ccc1F. The van der Waals surface area contributed by atoms with Crippen molar-refractivity contribution >= 4 is 27.5 Å². The maximum atomic E-state index is 13.7. The van der Waals surface area contributed by atoms with Gasteiger partial charge in [-0.1, -0.05) is 6.07 Å². The van der Waals surface area contributed by atoms with Crippen molar-refractivity contribution in [3.05, 3.63) is 59.7 Å². The summed E-state index contributed by atoms with van der Waals surface area (Å²) in [6, 6.07) is 7.98. The van der Waals surface area contributed by atoms with Gasteiger partial charge in [-0.25, -0.2) is 17.2 Å². The zero-order chi connectivity index (χ0) is 18.7. The number of hydrogen-bond donors (Lipinski definition) is 2. The molecule has 1 amide bonds. The molecule has 0 unspecified atom stereocenters. The van der Waals surface area contributed by atoms with E-state index < -0.39 is 33.1 Å². The van der Waals surface area contributed by atoms with Crippen LogP contribution in [-0.2, 0) is 10.0 Å². The van der Waals surface area contributed by atoms with E-state index in [0.29, 0.717) is 18.8 Å². The number of carbonyl (C=O) groups is 1. The average molecular weight is 379 g/mol. The Morgan fingerprint density at radius 3 is 2.65 bits per heavy atom. The molecule has 0 bridgehead atoms. The van der Waals surface area contributed by atoms with Crippen LogP contribution in [0.5, 0.6) is 0 Å². The first-order valence-corrected chi connectivity index (χ1v) is 9.26. The molecule has 3 rings (SSSR count). The van der Waals surface area contributed by atoms with Gasteiger partial charge in [0.05, 0.1) is 10.5 Å². The van der Waals surface area contributed by atoms with Crippen molar-refractivity contribution < 1.29 is 22.0 Å². The number of anilines is 1. The Balaban J connectivity index is 1.81. The molecular formula is C17H15F2N3O3S. The molecule has 136 valence electrons. The quantitative estimate of drug-likeness (QED) is 0.856. The fourth-order valence-corrected chi connectivity index (χ4v) is 3.58. The number of rotatable bonds is 4. The van der Waals surface area contributed by atoms with Crippen molar-refractivity contribution in [1.82, 2.24) is 4.72 Å². The van der Waals surface area contributed by atoms with E-state index in [1.54, 1.807) is 0 Å². The number of nitrogens with one attached hydrogen (secondary N) is 2. The van der Waals surface area contributed by atoms with Crippen LogP contribution in [0.4, 0.5) is 14.5 Å². The van der Waals surface area contributed by atoms with Crippen molar-refractivity contribution in [2.75, 3.05) is 11.9 Å². The number of hydrogen-bond acceptors (Lipinski definition) is 4. The predicted octanol–water partition coefficient (Wildman–Crippen LogP) is 2.69. The molecular weight excluding hydrogens is 364 g/mol. The summed E-state index contributed by atoms with van der Waals surface area (Å²) in [5.41, 5.74) is -0.341. The molecule has 0 saturated carbocycles. The largest absolute Gasteiger partial charge is 0.322 e. The molecule has 1 heterocycles. The van der Waals surface area contributed by atoms with Gasteiger partial charge < -0.3 is 5.32 Å². The number of aliphatic imine (C=N–C) groups is 1. The van der Waals surface area contributed by atoms with Gasteiger partial charge in [0, 0.05) is 18.7 Å². The van der Waals surface area contributed by atoms with Crippen LogP contribution in [0.15, 0.2) is 52.4 Å². The second kappa shape index (κ2) is 7.20. The van der Waals surface area contributed by atoms with Gasteiger partial charge in [-0.2, -0.15) is 0 Å². The van der Waals surface area contributed by atoms with Crippen molar-refractivity contribution in [3.8, 4) is 0 Å². The van der Waals surface area contributed by atoms with Crippen LogP contribution >= 0.6 is 0 Å². The summed E-state index contributed by atoms with van der Waals surface area (Å²) < 4.78 is 54.0. The number of sulfonamides is 1. The lowest BCUT2D eigenvalue weighted by Gasteiger charge is -2.10. The Morgan fingerprint density at radius 2 is 1.92 bits per heavy atom. The molecule has 0 aromatic heterocycles. The standard InChI is InChI=1S/C17H15F2N3O3S/c18-11-6-7-15(19)14(9-11)17(23)21-12-3-1-4-13(10-12)26(24,25)22-16-5-2-8-20-16/h1,3-4,6-7,9-10H,2,5,8H2,(H,20,22)(H,21,23). The minimum Gasteiger partial charge on any atom is -0.322 e. The van der Waals surface area contributed by atoms with Gasteiger partial charge >= 0.3 is 0 Å². The monoisotopic (exact) mass is 379 g/mol. The summed E-state index contributed by atoms with van der Waals surface area (Å²) >= 11 is 0. The molecule has 0 aliphatic carbocycles. The zero-order valence-electron chi connectivity index (χ0n) is 13.5. The average Bonchev–Trinajstić information content (AvgIpc) is 3.09. The molecule has 0 spiro atoms. The van der Waals surface area contributed by atoms with Gasteiger partial charge in [-0.15, -0.1) is 0 Å². The maximum absolute atomic E-state index is 13.7. The fourth-order valence-electron chi connectivity index (χ4n) is 2.45. The Labute approximate surface area is 149 Å². The fraction of sp³-hybridized carbons (Fsp3) is 0.176. The van der Waals surface area contributed by atoms with E-state index in [9.17, 15) is 22.0 Å². The molecule has 0 fully saturated rings. The summed E-state index contributed by atoms with van der Waals surface area (Å²) in [4.78, 5) is 16.1. The summed E-state index contributed by atoms with van der Waals surface area (Å²) in [5.74, 6) is -2.13. The second-order valence-corrected chi connectivity index (χ2v) is 7.33. The topological polar surface area (TPSA) is 87.6 Å². The molecule has 1 aliphatic heterocycles. The number of amides is 1.